The fraction of sp³-hybridized carbons (Fsp3) is 0.0952. The van der Waals surface area contributed by atoms with Gasteiger partial charge < -0.3 is 4.74 Å². The first kappa shape index (κ1) is 17.5. The third-order valence-electron chi connectivity index (χ3n) is 3.71. The summed E-state index contributed by atoms with van der Waals surface area (Å²) < 4.78 is 5.93. The van der Waals surface area contributed by atoms with Crippen LogP contribution in [0.25, 0.3) is 0 Å². The van der Waals surface area contributed by atoms with Gasteiger partial charge in [0.2, 0.25) is 0 Å². The molecule has 2 nitrogen and oxygen atoms in total. The molecule has 0 spiro atoms. The van der Waals surface area contributed by atoms with Crippen LogP contribution in [0.3, 0.4) is 0 Å². The highest BCUT2D eigenvalue weighted by atomic mass is 35.5. The summed E-state index contributed by atoms with van der Waals surface area (Å²) >= 11 is 12.2. The van der Waals surface area contributed by atoms with E-state index in [0.29, 0.717) is 16.7 Å². The largest absolute Gasteiger partial charge is 0.488 e. The maximum absolute atomic E-state index is 6.15. The zero-order valence-corrected chi connectivity index (χ0v) is 15.3. The van der Waals surface area contributed by atoms with E-state index in [2.05, 4.69) is 4.99 Å². The molecule has 3 aromatic carbocycles. The molecule has 0 atom stereocenters. The second-order valence-corrected chi connectivity index (χ2v) is 6.49. The average molecular weight is 370 g/mol. The highest BCUT2D eigenvalue weighted by molar-refractivity contribution is 6.31. The van der Waals surface area contributed by atoms with E-state index < -0.39 is 0 Å². The van der Waals surface area contributed by atoms with Crippen molar-refractivity contribution in [1.82, 2.24) is 0 Å². The molecule has 0 saturated heterocycles. The normalized spacial score (nSPS) is 11.0. The lowest BCUT2D eigenvalue weighted by Gasteiger charge is -2.09. The quantitative estimate of drug-likeness (QED) is 0.462. The van der Waals surface area contributed by atoms with E-state index in [9.17, 15) is 0 Å². The molecule has 0 N–H and O–H groups in total. The maximum atomic E-state index is 6.15. The number of aryl methyl sites for hydroxylation is 1. The number of hydrogen-bond donors (Lipinski definition) is 0. The molecular weight excluding hydrogens is 353 g/mol. The second-order valence-electron chi connectivity index (χ2n) is 5.65. The molecule has 126 valence electrons. The van der Waals surface area contributed by atoms with Gasteiger partial charge in [-0.15, -0.1) is 0 Å². The summed E-state index contributed by atoms with van der Waals surface area (Å²) in [6, 6.07) is 21.2. The summed E-state index contributed by atoms with van der Waals surface area (Å²) in [5, 5.41) is 1.41. The lowest BCUT2D eigenvalue weighted by molar-refractivity contribution is 0.306. The minimum absolute atomic E-state index is 0.446. The number of benzene rings is 3. The van der Waals surface area contributed by atoms with Crippen molar-refractivity contribution in [3.63, 3.8) is 0 Å². The van der Waals surface area contributed by atoms with Crippen molar-refractivity contribution in [2.45, 2.75) is 13.5 Å². The molecule has 0 heterocycles. The third-order valence-corrected chi connectivity index (χ3v) is 4.35. The van der Waals surface area contributed by atoms with Gasteiger partial charge in [-0.3, -0.25) is 4.99 Å². The Labute approximate surface area is 157 Å². The molecule has 25 heavy (non-hydrogen) atoms. The zero-order valence-electron chi connectivity index (χ0n) is 13.7. The highest BCUT2D eigenvalue weighted by Crippen LogP contribution is 2.23. The lowest BCUT2D eigenvalue weighted by Crippen LogP contribution is -1.98. The number of rotatable bonds is 5. The van der Waals surface area contributed by atoms with Gasteiger partial charge in [0.15, 0.2) is 0 Å². The van der Waals surface area contributed by atoms with Gasteiger partial charge in [0.05, 0.1) is 5.69 Å². The van der Waals surface area contributed by atoms with Gasteiger partial charge in [-0.2, -0.15) is 0 Å². The molecule has 0 amide bonds. The van der Waals surface area contributed by atoms with Gasteiger partial charge in [-0.1, -0.05) is 53.5 Å². The molecule has 0 radical (unpaired) electrons. The van der Waals surface area contributed by atoms with E-state index in [0.717, 1.165) is 28.1 Å². The molecule has 3 rings (SSSR count). The van der Waals surface area contributed by atoms with E-state index in [4.69, 9.17) is 27.9 Å². The predicted molar refractivity (Wildman–Crippen MR) is 106 cm³/mol. The van der Waals surface area contributed by atoms with E-state index in [1.165, 1.54) is 0 Å². The standard InChI is InChI=1S/C21H17Cl2NO/c1-15-9-10-19(12-20(15)23)24-13-17-6-2-3-8-21(17)25-14-16-5-4-7-18(22)11-16/h2-13H,14H2,1H3. The number of ether oxygens (including phenoxy) is 1. The molecule has 0 aromatic heterocycles. The van der Waals surface area contributed by atoms with Crippen LogP contribution in [0.5, 0.6) is 5.75 Å². The summed E-state index contributed by atoms with van der Waals surface area (Å²) in [6.07, 6.45) is 1.79. The van der Waals surface area contributed by atoms with Crippen molar-refractivity contribution in [1.29, 1.82) is 0 Å². The Morgan fingerprint density at radius 2 is 1.80 bits per heavy atom. The first-order chi connectivity index (χ1) is 12.1. The van der Waals surface area contributed by atoms with E-state index in [1.807, 2.05) is 73.7 Å². The van der Waals surface area contributed by atoms with Crippen LogP contribution in [0.15, 0.2) is 71.7 Å². The molecule has 0 unspecified atom stereocenters. The van der Waals surface area contributed by atoms with E-state index in [-0.39, 0.29) is 0 Å². The molecular formula is C21H17Cl2NO. The molecule has 0 bridgehead atoms. The van der Waals surface area contributed by atoms with Gasteiger partial charge in [0, 0.05) is 21.8 Å². The van der Waals surface area contributed by atoms with Crippen LogP contribution in [0, 0.1) is 6.92 Å². The van der Waals surface area contributed by atoms with Crippen molar-refractivity contribution in [3.05, 3.63) is 93.5 Å². The lowest BCUT2D eigenvalue weighted by atomic mass is 10.2. The summed E-state index contributed by atoms with van der Waals surface area (Å²) in [4.78, 5) is 4.50. The Morgan fingerprint density at radius 3 is 2.60 bits per heavy atom. The van der Waals surface area contributed by atoms with E-state index >= 15 is 0 Å². The van der Waals surface area contributed by atoms with Crippen molar-refractivity contribution in [2.75, 3.05) is 0 Å². The van der Waals surface area contributed by atoms with Crippen LogP contribution >= 0.6 is 23.2 Å². The minimum atomic E-state index is 0.446. The first-order valence-corrected chi connectivity index (χ1v) is 8.64. The number of aliphatic imine (C=N–C) groups is 1. The van der Waals surface area contributed by atoms with E-state index in [1.54, 1.807) is 6.21 Å². The number of halogens is 2. The monoisotopic (exact) mass is 369 g/mol. The van der Waals surface area contributed by atoms with Gasteiger partial charge in [0.25, 0.3) is 0 Å². The van der Waals surface area contributed by atoms with Gasteiger partial charge in [0.1, 0.15) is 12.4 Å². The minimum Gasteiger partial charge on any atom is -0.488 e. The third kappa shape index (κ3) is 4.85. The topological polar surface area (TPSA) is 21.6 Å². The summed E-state index contributed by atoms with van der Waals surface area (Å²) in [5.41, 5.74) is 3.76. The molecule has 0 aliphatic rings. The molecule has 4 heteroatoms. The Bertz CT molecular complexity index is 906. The van der Waals surface area contributed by atoms with Crippen LogP contribution in [0.2, 0.25) is 10.0 Å². The van der Waals surface area contributed by atoms with Gasteiger partial charge >= 0.3 is 0 Å². The predicted octanol–water partition coefficient (Wildman–Crippen LogP) is 6.63. The average Bonchev–Trinajstić information content (AvgIpc) is 2.62. The smallest absolute Gasteiger partial charge is 0.128 e. The van der Waals surface area contributed by atoms with Crippen molar-refractivity contribution >= 4 is 35.1 Å². The maximum Gasteiger partial charge on any atom is 0.128 e. The summed E-state index contributed by atoms with van der Waals surface area (Å²) in [6.45, 7) is 2.41. The number of hydrogen-bond acceptors (Lipinski definition) is 2. The number of nitrogens with zero attached hydrogens (tertiary/aromatic N) is 1. The Morgan fingerprint density at radius 1 is 0.960 bits per heavy atom. The van der Waals surface area contributed by atoms with Crippen molar-refractivity contribution in [3.8, 4) is 5.75 Å². The van der Waals surface area contributed by atoms with Crippen molar-refractivity contribution in [2.24, 2.45) is 4.99 Å². The van der Waals surface area contributed by atoms with Crippen LogP contribution in [0.4, 0.5) is 5.69 Å². The fourth-order valence-corrected chi connectivity index (χ4v) is 2.70. The molecule has 0 fully saturated rings. The Kier molecular flexibility index (Phi) is 5.75. The Hall–Kier alpha value is -2.29. The van der Waals surface area contributed by atoms with Gasteiger partial charge in [-0.05, 0) is 54.4 Å². The van der Waals surface area contributed by atoms with Crippen LogP contribution in [-0.2, 0) is 6.61 Å². The molecule has 0 aliphatic carbocycles. The first-order valence-electron chi connectivity index (χ1n) is 7.88. The van der Waals surface area contributed by atoms with Gasteiger partial charge in [-0.25, -0.2) is 0 Å². The van der Waals surface area contributed by atoms with Crippen LogP contribution < -0.4 is 4.74 Å². The van der Waals surface area contributed by atoms with Crippen LogP contribution in [-0.4, -0.2) is 6.21 Å². The van der Waals surface area contributed by atoms with Crippen LogP contribution in [0.1, 0.15) is 16.7 Å². The molecule has 0 aliphatic heterocycles. The summed E-state index contributed by atoms with van der Waals surface area (Å²) in [5.74, 6) is 0.768. The number of para-hydroxylation sites is 1. The Balaban J connectivity index is 1.76. The highest BCUT2D eigenvalue weighted by Gasteiger charge is 2.03. The zero-order chi connectivity index (χ0) is 17.6. The molecule has 0 saturated carbocycles. The SMILES string of the molecule is Cc1ccc(N=Cc2ccccc2OCc2cccc(Cl)c2)cc1Cl. The van der Waals surface area contributed by atoms with Crippen molar-refractivity contribution < 1.29 is 4.74 Å². The fourth-order valence-electron chi connectivity index (χ4n) is 2.31. The summed E-state index contributed by atoms with van der Waals surface area (Å²) in [7, 11) is 0. The molecule has 3 aromatic rings. The second kappa shape index (κ2) is 8.19.